The summed E-state index contributed by atoms with van der Waals surface area (Å²) in [5, 5.41) is 6.79. The van der Waals surface area contributed by atoms with E-state index in [9.17, 15) is 0 Å². The highest BCUT2D eigenvalue weighted by molar-refractivity contribution is 6.13. The van der Waals surface area contributed by atoms with Gasteiger partial charge >= 0.3 is 0 Å². The molecule has 0 fully saturated rings. The van der Waals surface area contributed by atoms with E-state index in [2.05, 4.69) is 158 Å². The summed E-state index contributed by atoms with van der Waals surface area (Å²) in [7, 11) is 0. The molecule has 0 aliphatic carbocycles. The lowest BCUT2D eigenvalue weighted by Crippen LogP contribution is -2.06. The molecule has 0 atom stereocenters. The van der Waals surface area contributed by atoms with Crippen LogP contribution in [0.4, 0.5) is 0 Å². The number of para-hydroxylation sites is 3. The molecule has 6 heterocycles. The van der Waals surface area contributed by atoms with Gasteiger partial charge in [-0.2, -0.15) is 9.97 Å². The summed E-state index contributed by atoms with van der Waals surface area (Å²) >= 11 is 0. The van der Waals surface area contributed by atoms with Crippen molar-refractivity contribution in [3.8, 4) is 62.6 Å². The first-order chi connectivity index (χ1) is 34.2. The van der Waals surface area contributed by atoms with E-state index < -0.39 is 0 Å². The summed E-state index contributed by atoms with van der Waals surface area (Å²) in [6.45, 7) is 0. The summed E-state index contributed by atoms with van der Waals surface area (Å²) in [4.78, 5) is 29.7. The number of aromatic nitrogens is 9. The lowest BCUT2D eigenvalue weighted by atomic mass is 10.1. The van der Waals surface area contributed by atoms with Gasteiger partial charge in [-0.25, -0.2) is 9.97 Å². The number of hydrogen-bond donors (Lipinski definition) is 0. The highest BCUT2D eigenvalue weighted by atomic mass is 15.2. The fourth-order valence-corrected chi connectivity index (χ4v) is 10.2. The summed E-state index contributed by atoms with van der Waals surface area (Å²) in [5.74, 6) is 1.77. The first-order valence-corrected chi connectivity index (χ1v) is 22.9. The van der Waals surface area contributed by atoms with Crippen LogP contribution < -0.4 is 0 Å². The van der Waals surface area contributed by atoms with E-state index in [0.29, 0.717) is 17.6 Å². The standard InChI is InChI=1S/C60H37N9/c1-4-14-38(15-5-1)58-64-59(39-16-6-2-7-17-39)66-60(65-58)69-53-23-13-11-21-45(53)48-33-41(25-28-56(48)69)51-36-62-35-50(63-51)40-24-27-54-47(32-40)44-20-10-12-22-52(44)68(54)43-26-29-55-49(34-43)46-30-31-61-37-57(46)67(55)42-18-8-3-9-19-42/h1-37H. The van der Waals surface area contributed by atoms with Gasteiger partial charge in [0.05, 0.1) is 63.1 Å². The largest absolute Gasteiger partial charge is 0.309 e. The fraction of sp³-hybridized carbons (Fsp3) is 0. The van der Waals surface area contributed by atoms with Crippen LogP contribution in [0.15, 0.2) is 225 Å². The summed E-state index contributed by atoms with van der Waals surface area (Å²) in [5.41, 5.74) is 14.0. The Bertz CT molecular complexity index is 4250. The Morgan fingerprint density at radius 2 is 0.754 bits per heavy atom. The first-order valence-electron chi connectivity index (χ1n) is 22.9. The van der Waals surface area contributed by atoms with Gasteiger partial charge in [0.2, 0.25) is 5.95 Å². The Hall–Kier alpha value is -9.60. The maximum Gasteiger partial charge on any atom is 0.238 e. The number of pyridine rings is 1. The second kappa shape index (κ2) is 15.5. The van der Waals surface area contributed by atoms with Gasteiger partial charge in [-0.15, -0.1) is 0 Å². The normalized spacial score (nSPS) is 11.8. The van der Waals surface area contributed by atoms with Gasteiger partial charge in [-0.05, 0) is 72.8 Å². The van der Waals surface area contributed by atoms with Crippen LogP contribution in [-0.4, -0.2) is 43.6 Å². The zero-order chi connectivity index (χ0) is 45.4. The van der Waals surface area contributed by atoms with Crippen molar-refractivity contribution in [2.24, 2.45) is 0 Å². The van der Waals surface area contributed by atoms with Crippen LogP contribution in [0.1, 0.15) is 0 Å². The zero-order valence-electron chi connectivity index (χ0n) is 36.9. The molecule has 69 heavy (non-hydrogen) atoms. The van der Waals surface area contributed by atoms with Crippen molar-refractivity contribution in [3.63, 3.8) is 0 Å². The van der Waals surface area contributed by atoms with Gasteiger partial charge in [0.25, 0.3) is 0 Å². The van der Waals surface area contributed by atoms with Gasteiger partial charge in [-0.3, -0.25) is 14.5 Å². The molecule has 322 valence electrons. The predicted octanol–water partition coefficient (Wildman–Crippen LogP) is 14.0. The van der Waals surface area contributed by atoms with Crippen molar-refractivity contribution in [1.82, 2.24) is 43.6 Å². The van der Waals surface area contributed by atoms with Crippen LogP contribution >= 0.6 is 0 Å². The molecule has 0 amide bonds. The Kier molecular flexibility index (Phi) is 8.68. The molecule has 6 aromatic heterocycles. The average molecular weight is 884 g/mol. The maximum atomic E-state index is 5.28. The summed E-state index contributed by atoms with van der Waals surface area (Å²) < 4.78 is 6.81. The average Bonchev–Trinajstić information content (AvgIpc) is 4.06. The summed E-state index contributed by atoms with van der Waals surface area (Å²) in [6, 6.07) is 69.7. The molecule has 0 bridgehead atoms. The second-order valence-corrected chi connectivity index (χ2v) is 17.2. The number of nitrogens with zero attached hydrogens (tertiary/aromatic N) is 9. The zero-order valence-corrected chi connectivity index (χ0v) is 36.9. The number of rotatable bonds is 7. The minimum Gasteiger partial charge on any atom is -0.309 e. The van der Waals surface area contributed by atoms with E-state index in [1.54, 1.807) is 0 Å². The van der Waals surface area contributed by atoms with E-state index >= 15 is 0 Å². The Morgan fingerprint density at radius 1 is 0.275 bits per heavy atom. The van der Waals surface area contributed by atoms with E-state index in [-0.39, 0.29) is 0 Å². The minimum absolute atomic E-state index is 0.550. The molecule has 14 aromatic rings. The predicted molar refractivity (Wildman–Crippen MR) is 278 cm³/mol. The molecular formula is C60H37N9. The van der Waals surface area contributed by atoms with Gasteiger partial charge in [0, 0.05) is 72.1 Å². The second-order valence-electron chi connectivity index (χ2n) is 17.2. The van der Waals surface area contributed by atoms with Gasteiger partial charge in [0.1, 0.15) is 0 Å². The fourth-order valence-electron chi connectivity index (χ4n) is 10.2. The summed E-state index contributed by atoms with van der Waals surface area (Å²) in [6.07, 6.45) is 7.54. The Balaban J connectivity index is 0.871. The number of fused-ring (bicyclic) bond motifs is 9. The number of hydrogen-bond acceptors (Lipinski definition) is 6. The lowest BCUT2D eigenvalue weighted by Gasteiger charge is -2.11. The van der Waals surface area contributed by atoms with E-state index in [1.807, 2.05) is 85.5 Å². The van der Waals surface area contributed by atoms with Crippen LogP contribution in [0.25, 0.3) is 128 Å². The molecule has 0 saturated carbocycles. The third-order valence-electron chi connectivity index (χ3n) is 13.3. The van der Waals surface area contributed by atoms with Crippen LogP contribution in [0, 0.1) is 0 Å². The monoisotopic (exact) mass is 883 g/mol. The van der Waals surface area contributed by atoms with Gasteiger partial charge < -0.3 is 9.13 Å². The highest BCUT2D eigenvalue weighted by Crippen LogP contribution is 2.39. The number of benzene rings is 8. The SMILES string of the molecule is c1ccc(-c2nc(-c3ccccc3)nc(-n3c4ccccc4c4cc(-c5cncc(-c6ccc7c(c6)c6ccccc6n7-c6ccc7c(c6)c6ccncc6n7-c6ccccc6)n5)ccc43)n2)cc1. The van der Waals surface area contributed by atoms with Crippen LogP contribution in [0.5, 0.6) is 0 Å². The molecule has 0 aliphatic rings. The van der Waals surface area contributed by atoms with Crippen molar-refractivity contribution < 1.29 is 0 Å². The molecule has 14 rings (SSSR count). The van der Waals surface area contributed by atoms with Crippen molar-refractivity contribution in [3.05, 3.63) is 225 Å². The van der Waals surface area contributed by atoms with E-state index in [4.69, 9.17) is 24.9 Å². The first kappa shape index (κ1) is 38.6. The minimum atomic E-state index is 0.550. The van der Waals surface area contributed by atoms with Crippen LogP contribution in [0.2, 0.25) is 0 Å². The Morgan fingerprint density at radius 3 is 1.38 bits per heavy atom. The molecule has 0 radical (unpaired) electrons. The Labute approximate surface area is 394 Å². The smallest absolute Gasteiger partial charge is 0.238 e. The molecule has 0 saturated heterocycles. The quantitative estimate of drug-likeness (QED) is 0.158. The van der Waals surface area contributed by atoms with Crippen molar-refractivity contribution in [2.45, 2.75) is 0 Å². The molecule has 0 spiro atoms. The molecule has 9 nitrogen and oxygen atoms in total. The van der Waals surface area contributed by atoms with E-state index in [0.717, 1.165) is 99.7 Å². The third kappa shape index (κ3) is 6.25. The highest BCUT2D eigenvalue weighted by Gasteiger charge is 2.21. The van der Waals surface area contributed by atoms with Crippen molar-refractivity contribution >= 4 is 65.4 Å². The van der Waals surface area contributed by atoms with E-state index in [1.165, 1.54) is 10.8 Å². The van der Waals surface area contributed by atoms with Crippen LogP contribution in [0.3, 0.4) is 0 Å². The lowest BCUT2D eigenvalue weighted by molar-refractivity contribution is 0.953. The topological polar surface area (TPSA) is 92.1 Å². The van der Waals surface area contributed by atoms with Crippen LogP contribution in [-0.2, 0) is 0 Å². The molecule has 9 heteroatoms. The molecular weight excluding hydrogens is 847 g/mol. The molecule has 0 N–H and O–H groups in total. The molecule has 0 unspecified atom stereocenters. The molecule has 0 aliphatic heterocycles. The maximum absolute atomic E-state index is 5.28. The van der Waals surface area contributed by atoms with Gasteiger partial charge in [0.15, 0.2) is 11.6 Å². The van der Waals surface area contributed by atoms with Crippen molar-refractivity contribution in [2.75, 3.05) is 0 Å². The molecule has 8 aromatic carbocycles. The third-order valence-corrected chi connectivity index (χ3v) is 13.3. The van der Waals surface area contributed by atoms with Crippen molar-refractivity contribution in [1.29, 1.82) is 0 Å². The van der Waals surface area contributed by atoms with Gasteiger partial charge in [-0.1, -0.05) is 127 Å².